The van der Waals surface area contributed by atoms with E-state index in [9.17, 15) is 18.0 Å². The molecule has 2 aromatic carbocycles. The Labute approximate surface area is 206 Å². The zero-order valence-electron chi connectivity index (χ0n) is 20.1. The monoisotopic (exact) mass is 497 g/mol. The van der Waals surface area contributed by atoms with E-state index in [4.69, 9.17) is 4.74 Å². The number of nitrogens with zero attached hydrogens (tertiary/aromatic N) is 2. The molecule has 9 heteroatoms. The number of nitrogens with one attached hydrogen (secondary N) is 1. The van der Waals surface area contributed by atoms with E-state index >= 15 is 0 Å². The summed E-state index contributed by atoms with van der Waals surface area (Å²) in [7, 11) is -2.09. The summed E-state index contributed by atoms with van der Waals surface area (Å²) in [6.07, 6.45) is 3.47. The van der Waals surface area contributed by atoms with Gasteiger partial charge in [0.25, 0.3) is 0 Å². The molecule has 1 aliphatic carbocycles. The molecule has 35 heavy (non-hydrogen) atoms. The Hall–Kier alpha value is -2.91. The molecule has 1 saturated carbocycles. The topological polar surface area (TPSA) is 96.0 Å². The number of sulfonamides is 1. The second-order valence-electron chi connectivity index (χ2n) is 9.72. The van der Waals surface area contributed by atoms with Crippen molar-refractivity contribution in [2.24, 2.45) is 11.8 Å². The highest BCUT2D eigenvalue weighted by molar-refractivity contribution is 7.89. The number of benzene rings is 2. The van der Waals surface area contributed by atoms with E-state index in [2.05, 4.69) is 5.32 Å². The summed E-state index contributed by atoms with van der Waals surface area (Å²) in [6.45, 7) is 2.60. The molecule has 0 radical (unpaired) electrons. The summed E-state index contributed by atoms with van der Waals surface area (Å²) in [4.78, 5) is 27.5. The Balaban J connectivity index is 1.23. The third kappa shape index (κ3) is 4.67. The molecule has 1 N–H and O–H groups in total. The molecule has 1 atom stereocenters. The van der Waals surface area contributed by atoms with E-state index in [-0.39, 0.29) is 34.6 Å². The predicted octanol–water partition coefficient (Wildman–Crippen LogP) is 3.42. The number of methoxy groups -OCH3 is 1. The predicted molar refractivity (Wildman–Crippen MR) is 133 cm³/mol. The van der Waals surface area contributed by atoms with Crippen LogP contribution in [0.4, 0.5) is 11.4 Å². The van der Waals surface area contributed by atoms with Crippen LogP contribution in [0.1, 0.15) is 38.2 Å². The second kappa shape index (κ2) is 9.28. The van der Waals surface area contributed by atoms with E-state index < -0.39 is 10.0 Å². The third-order valence-corrected chi connectivity index (χ3v) is 9.15. The highest BCUT2D eigenvalue weighted by Gasteiger charge is 2.40. The van der Waals surface area contributed by atoms with Gasteiger partial charge in [-0.1, -0.05) is 0 Å². The second-order valence-corrected chi connectivity index (χ2v) is 11.7. The molecule has 2 aromatic rings. The largest absolute Gasteiger partial charge is 0.497 e. The maximum absolute atomic E-state index is 13.4. The molecule has 0 spiro atoms. The van der Waals surface area contributed by atoms with Gasteiger partial charge in [0, 0.05) is 42.3 Å². The lowest BCUT2D eigenvalue weighted by atomic mass is 9.97. The molecule has 186 valence electrons. The molecule has 2 fully saturated rings. The number of amides is 2. The quantitative estimate of drug-likeness (QED) is 0.660. The van der Waals surface area contributed by atoms with Crippen molar-refractivity contribution in [1.82, 2.24) is 4.31 Å². The fourth-order valence-corrected chi connectivity index (χ4v) is 6.58. The maximum Gasteiger partial charge on any atom is 0.243 e. The van der Waals surface area contributed by atoms with Crippen LogP contribution in [0.15, 0.2) is 47.4 Å². The lowest BCUT2D eigenvalue weighted by Gasteiger charge is -2.30. The van der Waals surface area contributed by atoms with E-state index in [1.54, 1.807) is 49.6 Å². The fourth-order valence-electron chi connectivity index (χ4n) is 5.06. The summed E-state index contributed by atoms with van der Waals surface area (Å²) in [6, 6.07) is 12.3. The van der Waals surface area contributed by atoms with Gasteiger partial charge in [-0.05, 0) is 87.1 Å². The van der Waals surface area contributed by atoms with Crippen LogP contribution in [0.2, 0.25) is 0 Å². The number of ether oxygens (including phenoxy) is 1. The van der Waals surface area contributed by atoms with Crippen molar-refractivity contribution in [2.75, 3.05) is 30.4 Å². The molecular formula is C26H31N3O5S. The zero-order valence-corrected chi connectivity index (χ0v) is 20.9. The lowest BCUT2D eigenvalue weighted by molar-refractivity contribution is -0.121. The van der Waals surface area contributed by atoms with E-state index in [0.717, 1.165) is 24.1 Å². The smallest absolute Gasteiger partial charge is 0.243 e. The molecule has 2 heterocycles. The first-order chi connectivity index (χ1) is 16.8. The van der Waals surface area contributed by atoms with Crippen molar-refractivity contribution in [2.45, 2.75) is 50.0 Å². The average Bonchev–Trinajstić information content (AvgIpc) is 3.66. The Kier molecular flexibility index (Phi) is 6.31. The molecule has 2 aliphatic heterocycles. The summed E-state index contributed by atoms with van der Waals surface area (Å²) >= 11 is 0. The van der Waals surface area contributed by atoms with Crippen LogP contribution in [0.25, 0.3) is 0 Å². The molecule has 0 aromatic heterocycles. The number of hydrogen-bond donors (Lipinski definition) is 1. The van der Waals surface area contributed by atoms with Crippen molar-refractivity contribution in [1.29, 1.82) is 0 Å². The number of fused-ring (bicyclic) bond motifs is 1. The van der Waals surface area contributed by atoms with Crippen LogP contribution in [0, 0.1) is 11.8 Å². The number of rotatable bonds is 6. The Bertz CT molecular complexity index is 1230. The van der Waals surface area contributed by atoms with E-state index in [0.29, 0.717) is 43.8 Å². The lowest BCUT2D eigenvalue weighted by Crippen LogP contribution is -2.41. The standard InChI is InChI=1S/C26H31N3O5S/c1-17-15-20-16-23(9-10-24(20)29(17)26(31)19-3-4-19)35(32,33)28-13-11-18(12-14-28)25(30)27-21-5-7-22(34-2)8-6-21/h5-10,16-19H,3-4,11-15H2,1-2H3,(H,27,30)/t17-/m1/s1. The van der Waals surface area contributed by atoms with Crippen molar-refractivity contribution >= 4 is 33.2 Å². The number of anilines is 2. The van der Waals surface area contributed by atoms with Gasteiger partial charge in [0.05, 0.1) is 12.0 Å². The summed E-state index contributed by atoms with van der Waals surface area (Å²) in [5, 5.41) is 2.91. The summed E-state index contributed by atoms with van der Waals surface area (Å²) in [5.41, 5.74) is 2.43. The minimum absolute atomic E-state index is 0.0380. The number of piperidine rings is 1. The molecular weight excluding hydrogens is 466 g/mol. The summed E-state index contributed by atoms with van der Waals surface area (Å²) < 4.78 is 33.3. The van der Waals surface area contributed by atoms with Crippen LogP contribution in [-0.2, 0) is 26.0 Å². The van der Waals surface area contributed by atoms with Crippen LogP contribution < -0.4 is 15.0 Å². The molecule has 0 unspecified atom stereocenters. The molecule has 3 aliphatic rings. The van der Waals surface area contributed by atoms with Crippen molar-refractivity contribution in [3.05, 3.63) is 48.0 Å². The number of carbonyl (C=O) groups is 2. The zero-order chi connectivity index (χ0) is 24.7. The van der Waals surface area contributed by atoms with Gasteiger partial charge in [-0.3, -0.25) is 9.59 Å². The molecule has 1 saturated heterocycles. The Morgan fingerprint density at radius 2 is 1.66 bits per heavy atom. The minimum atomic E-state index is -3.67. The van der Waals surface area contributed by atoms with Gasteiger partial charge in [0.15, 0.2) is 0 Å². The summed E-state index contributed by atoms with van der Waals surface area (Å²) in [5.74, 6) is 0.646. The fraction of sp³-hybridized carbons (Fsp3) is 0.462. The normalized spacial score (nSPS) is 21.0. The first-order valence-corrected chi connectivity index (χ1v) is 13.6. The SMILES string of the molecule is COc1ccc(NC(=O)C2CCN(S(=O)(=O)c3ccc4c(c3)C[C@@H](C)N4C(=O)C3CC3)CC2)cc1. The average molecular weight is 498 g/mol. The highest BCUT2D eigenvalue weighted by atomic mass is 32.2. The van der Waals surface area contributed by atoms with Crippen molar-refractivity contribution < 1.29 is 22.7 Å². The Morgan fingerprint density at radius 3 is 2.29 bits per heavy atom. The maximum atomic E-state index is 13.4. The first-order valence-electron chi connectivity index (χ1n) is 12.2. The van der Waals surface area contributed by atoms with Gasteiger partial charge in [0.1, 0.15) is 5.75 Å². The highest BCUT2D eigenvalue weighted by Crippen LogP contribution is 2.40. The molecule has 8 nitrogen and oxygen atoms in total. The minimum Gasteiger partial charge on any atom is -0.497 e. The van der Waals surface area contributed by atoms with E-state index in [1.165, 1.54) is 4.31 Å². The molecule has 0 bridgehead atoms. The van der Waals surface area contributed by atoms with Gasteiger partial charge in [-0.25, -0.2) is 8.42 Å². The van der Waals surface area contributed by atoms with Gasteiger partial charge in [-0.2, -0.15) is 4.31 Å². The van der Waals surface area contributed by atoms with Gasteiger partial charge < -0.3 is 15.0 Å². The number of hydrogen-bond acceptors (Lipinski definition) is 5. The molecule has 5 rings (SSSR count). The van der Waals surface area contributed by atoms with Crippen molar-refractivity contribution in [3.8, 4) is 5.75 Å². The van der Waals surface area contributed by atoms with Crippen LogP contribution >= 0.6 is 0 Å². The van der Waals surface area contributed by atoms with Gasteiger partial charge in [-0.15, -0.1) is 0 Å². The third-order valence-electron chi connectivity index (χ3n) is 7.25. The van der Waals surface area contributed by atoms with Crippen LogP contribution in [0.5, 0.6) is 5.75 Å². The van der Waals surface area contributed by atoms with E-state index in [1.807, 2.05) is 11.8 Å². The number of carbonyl (C=O) groups excluding carboxylic acids is 2. The van der Waals surface area contributed by atoms with Crippen LogP contribution in [0.3, 0.4) is 0 Å². The van der Waals surface area contributed by atoms with Crippen LogP contribution in [-0.4, -0.2) is 50.8 Å². The first kappa shape index (κ1) is 23.8. The Morgan fingerprint density at radius 1 is 0.971 bits per heavy atom. The van der Waals surface area contributed by atoms with Crippen molar-refractivity contribution in [3.63, 3.8) is 0 Å². The molecule has 2 amide bonds. The van der Waals surface area contributed by atoms with Gasteiger partial charge in [0.2, 0.25) is 21.8 Å². The van der Waals surface area contributed by atoms with Gasteiger partial charge >= 0.3 is 0 Å².